The van der Waals surface area contributed by atoms with Gasteiger partial charge < -0.3 is 15.1 Å². The van der Waals surface area contributed by atoms with Crippen LogP contribution in [-0.2, 0) is 10.2 Å². The molecular formula is C24H37NO3. The Bertz CT molecular complexity index is 602. The number of carbonyl (C=O) groups is 1. The average Bonchev–Trinajstić information content (AvgIpc) is 2.89. The lowest BCUT2D eigenvalue weighted by molar-refractivity contribution is -0.160. The second-order valence-electron chi connectivity index (χ2n) is 8.88. The number of aliphatic hydroxyl groups is 1. The van der Waals surface area contributed by atoms with Gasteiger partial charge in [-0.05, 0) is 57.3 Å². The molecule has 1 saturated heterocycles. The molecule has 1 aromatic rings. The topological polar surface area (TPSA) is 60.8 Å². The van der Waals surface area contributed by atoms with Crippen molar-refractivity contribution in [3.05, 3.63) is 35.9 Å². The van der Waals surface area contributed by atoms with Gasteiger partial charge in [-0.15, -0.1) is 0 Å². The Morgan fingerprint density at radius 2 is 1.43 bits per heavy atom. The van der Waals surface area contributed by atoms with Gasteiger partial charge in [0.2, 0.25) is 0 Å². The zero-order valence-electron chi connectivity index (χ0n) is 17.2. The first-order chi connectivity index (χ1) is 13.6. The SMILES string of the molecule is O=C(O)C(CCN1CCCCCCC1)(c1ccccc1)C1(O)CCCCCC1. The fourth-order valence-electron chi connectivity index (χ4n) is 5.40. The first-order valence-electron chi connectivity index (χ1n) is 11.3. The van der Waals surface area contributed by atoms with Crippen LogP contribution in [0.15, 0.2) is 30.3 Å². The fraction of sp³-hybridized carbons (Fsp3) is 0.708. The van der Waals surface area contributed by atoms with Crippen LogP contribution in [0, 0.1) is 0 Å². The summed E-state index contributed by atoms with van der Waals surface area (Å²) >= 11 is 0. The molecule has 2 aliphatic rings. The van der Waals surface area contributed by atoms with Crippen LogP contribution in [0.3, 0.4) is 0 Å². The molecule has 4 nitrogen and oxygen atoms in total. The predicted molar refractivity (Wildman–Crippen MR) is 113 cm³/mol. The number of carboxylic acid groups (broad SMARTS) is 1. The van der Waals surface area contributed by atoms with Gasteiger partial charge in [0, 0.05) is 0 Å². The normalized spacial score (nSPS) is 23.8. The summed E-state index contributed by atoms with van der Waals surface area (Å²) in [6.07, 6.45) is 11.8. The van der Waals surface area contributed by atoms with Crippen LogP contribution in [0.4, 0.5) is 0 Å². The number of carboxylic acids is 1. The van der Waals surface area contributed by atoms with Gasteiger partial charge in [0.05, 0.1) is 5.60 Å². The standard InChI is InChI=1S/C24H37NO3/c26-22(27)24(21-13-7-6-8-14-21,23(28)15-9-2-3-10-16-23)17-20-25-18-11-4-1-5-12-19-25/h6-8,13-14,28H,1-5,9-12,15-20H2,(H,26,27). The number of hydrogen-bond acceptors (Lipinski definition) is 3. The lowest BCUT2D eigenvalue weighted by atomic mass is 9.62. The number of benzene rings is 1. The van der Waals surface area contributed by atoms with Gasteiger partial charge in [0.15, 0.2) is 0 Å². The highest BCUT2D eigenvalue weighted by Crippen LogP contribution is 2.46. The van der Waals surface area contributed by atoms with E-state index in [0.29, 0.717) is 19.3 Å². The van der Waals surface area contributed by atoms with E-state index in [9.17, 15) is 15.0 Å². The van der Waals surface area contributed by atoms with E-state index >= 15 is 0 Å². The van der Waals surface area contributed by atoms with E-state index in [1.807, 2.05) is 30.3 Å². The Morgan fingerprint density at radius 3 is 2.00 bits per heavy atom. The molecule has 1 atom stereocenters. The van der Waals surface area contributed by atoms with E-state index in [0.717, 1.165) is 50.9 Å². The summed E-state index contributed by atoms with van der Waals surface area (Å²) < 4.78 is 0. The molecule has 0 aromatic heterocycles. The van der Waals surface area contributed by atoms with Crippen LogP contribution in [0.2, 0.25) is 0 Å². The Morgan fingerprint density at radius 1 is 0.893 bits per heavy atom. The maximum Gasteiger partial charge on any atom is 0.317 e. The average molecular weight is 388 g/mol. The number of rotatable bonds is 6. The van der Waals surface area contributed by atoms with Gasteiger partial charge in [-0.1, -0.05) is 75.3 Å². The van der Waals surface area contributed by atoms with Crippen molar-refractivity contribution >= 4 is 5.97 Å². The summed E-state index contributed by atoms with van der Waals surface area (Å²) in [6, 6.07) is 9.55. The minimum absolute atomic E-state index is 0.475. The van der Waals surface area contributed by atoms with Gasteiger partial charge in [0.25, 0.3) is 0 Å². The molecule has 1 heterocycles. The second-order valence-corrected chi connectivity index (χ2v) is 8.88. The molecule has 1 saturated carbocycles. The van der Waals surface area contributed by atoms with E-state index < -0.39 is 17.0 Å². The summed E-state index contributed by atoms with van der Waals surface area (Å²) in [7, 11) is 0. The van der Waals surface area contributed by atoms with Crippen LogP contribution >= 0.6 is 0 Å². The Labute approximate surface area is 169 Å². The highest BCUT2D eigenvalue weighted by molar-refractivity contribution is 5.83. The summed E-state index contributed by atoms with van der Waals surface area (Å²) in [5.74, 6) is -0.866. The van der Waals surface area contributed by atoms with Crippen molar-refractivity contribution in [3.8, 4) is 0 Å². The van der Waals surface area contributed by atoms with Crippen molar-refractivity contribution in [1.82, 2.24) is 4.90 Å². The Kier molecular flexibility index (Phi) is 7.53. The molecule has 1 aliphatic heterocycles. The van der Waals surface area contributed by atoms with Crippen molar-refractivity contribution in [2.75, 3.05) is 19.6 Å². The third kappa shape index (κ3) is 4.60. The van der Waals surface area contributed by atoms with Gasteiger partial charge in [0.1, 0.15) is 5.41 Å². The maximum absolute atomic E-state index is 12.9. The molecule has 156 valence electrons. The van der Waals surface area contributed by atoms with Gasteiger partial charge in [-0.2, -0.15) is 0 Å². The molecule has 2 N–H and O–H groups in total. The molecular weight excluding hydrogens is 350 g/mol. The number of aliphatic carboxylic acids is 1. The molecule has 1 unspecified atom stereocenters. The van der Waals surface area contributed by atoms with E-state index in [2.05, 4.69) is 4.90 Å². The third-order valence-corrected chi connectivity index (χ3v) is 7.11. The van der Waals surface area contributed by atoms with E-state index in [-0.39, 0.29) is 0 Å². The van der Waals surface area contributed by atoms with Crippen molar-refractivity contribution in [2.24, 2.45) is 0 Å². The van der Waals surface area contributed by atoms with E-state index in [1.54, 1.807) is 0 Å². The molecule has 0 amide bonds. The fourth-order valence-corrected chi connectivity index (χ4v) is 5.40. The van der Waals surface area contributed by atoms with Crippen molar-refractivity contribution in [2.45, 2.75) is 88.1 Å². The highest BCUT2D eigenvalue weighted by atomic mass is 16.4. The van der Waals surface area contributed by atoms with Gasteiger partial charge >= 0.3 is 5.97 Å². The van der Waals surface area contributed by atoms with Gasteiger partial charge in [-0.3, -0.25) is 4.79 Å². The minimum atomic E-state index is -1.24. The molecule has 2 fully saturated rings. The Hall–Kier alpha value is -1.39. The smallest absolute Gasteiger partial charge is 0.317 e. The highest BCUT2D eigenvalue weighted by Gasteiger charge is 2.56. The molecule has 0 bridgehead atoms. The predicted octanol–water partition coefficient (Wildman–Crippen LogP) is 4.75. The molecule has 4 heteroatoms. The van der Waals surface area contributed by atoms with Crippen molar-refractivity contribution in [3.63, 3.8) is 0 Å². The zero-order valence-corrected chi connectivity index (χ0v) is 17.2. The molecule has 1 aromatic carbocycles. The quantitative estimate of drug-likeness (QED) is 0.692. The maximum atomic E-state index is 12.9. The van der Waals surface area contributed by atoms with Crippen LogP contribution in [0.25, 0.3) is 0 Å². The first kappa shape index (κ1) is 21.3. The number of nitrogens with zero attached hydrogens (tertiary/aromatic N) is 1. The second kappa shape index (κ2) is 9.89. The van der Waals surface area contributed by atoms with Crippen LogP contribution < -0.4 is 0 Å². The van der Waals surface area contributed by atoms with Crippen LogP contribution in [-0.4, -0.2) is 46.3 Å². The summed E-state index contributed by atoms with van der Waals surface area (Å²) in [6.45, 7) is 2.83. The first-order valence-corrected chi connectivity index (χ1v) is 11.3. The van der Waals surface area contributed by atoms with Crippen LogP contribution in [0.5, 0.6) is 0 Å². The zero-order chi connectivity index (χ0) is 19.9. The van der Waals surface area contributed by atoms with E-state index in [4.69, 9.17) is 0 Å². The lowest BCUT2D eigenvalue weighted by Gasteiger charge is -2.45. The summed E-state index contributed by atoms with van der Waals surface area (Å²) in [4.78, 5) is 15.3. The van der Waals surface area contributed by atoms with Crippen molar-refractivity contribution < 1.29 is 15.0 Å². The largest absolute Gasteiger partial charge is 0.480 e. The molecule has 1 aliphatic carbocycles. The van der Waals surface area contributed by atoms with E-state index in [1.165, 1.54) is 32.1 Å². The van der Waals surface area contributed by atoms with Crippen LogP contribution in [0.1, 0.15) is 82.6 Å². The number of hydrogen-bond donors (Lipinski definition) is 2. The summed E-state index contributed by atoms with van der Waals surface area (Å²) in [5.41, 5.74) is -1.65. The minimum Gasteiger partial charge on any atom is -0.480 e. The number of likely N-dealkylation sites (tertiary alicyclic amines) is 1. The molecule has 3 rings (SSSR count). The van der Waals surface area contributed by atoms with Crippen molar-refractivity contribution in [1.29, 1.82) is 0 Å². The monoisotopic (exact) mass is 387 g/mol. The van der Waals surface area contributed by atoms with Gasteiger partial charge in [-0.25, -0.2) is 0 Å². The Balaban J connectivity index is 1.91. The third-order valence-electron chi connectivity index (χ3n) is 7.11. The molecule has 28 heavy (non-hydrogen) atoms. The lowest BCUT2D eigenvalue weighted by Crippen LogP contribution is -2.58. The molecule has 0 spiro atoms. The summed E-state index contributed by atoms with van der Waals surface area (Å²) in [5, 5.41) is 22.4. The molecule has 0 radical (unpaired) electrons.